The van der Waals surface area contributed by atoms with Crippen LogP contribution in [-0.4, -0.2) is 28.5 Å². The van der Waals surface area contributed by atoms with Crippen LogP contribution in [0.3, 0.4) is 0 Å². The van der Waals surface area contributed by atoms with Crippen LogP contribution in [0.4, 0.5) is 0 Å². The molecule has 2 aromatic rings. The molecule has 2 heterocycles. The molecule has 0 N–H and O–H groups in total. The fourth-order valence-corrected chi connectivity index (χ4v) is 3.43. The molecule has 1 amide bonds. The molecule has 3 heteroatoms. The van der Waals surface area contributed by atoms with Crippen molar-refractivity contribution in [3.05, 3.63) is 52.8 Å². The van der Waals surface area contributed by atoms with Gasteiger partial charge in [-0.25, -0.2) is 0 Å². The molecule has 0 radical (unpaired) electrons. The highest BCUT2D eigenvalue weighted by atomic mass is 16.2. The second kappa shape index (κ2) is 5.99. The topological polar surface area (TPSA) is 25.2 Å². The minimum atomic E-state index is 0.188. The molecule has 3 rings (SSSR count). The van der Waals surface area contributed by atoms with Crippen LogP contribution in [0.25, 0.3) is 5.69 Å². The average molecular weight is 296 g/mol. The lowest BCUT2D eigenvalue weighted by molar-refractivity contribution is 0.0723. The van der Waals surface area contributed by atoms with E-state index in [0.29, 0.717) is 0 Å². The first-order valence-electron chi connectivity index (χ1n) is 8.14. The number of amides is 1. The summed E-state index contributed by atoms with van der Waals surface area (Å²) in [5, 5.41) is 0. The lowest BCUT2D eigenvalue weighted by Crippen LogP contribution is -2.35. The van der Waals surface area contributed by atoms with Crippen molar-refractivity contribution >= 4 is 5.91 Å². The van der Waals surface area contributed by atoms with E-state index in [1.165, 1.54) is 12.0 Å². The van der Waals surface area contributed by atoms with Gasteiger partial charge in [0, 0.05) is 30.2 Å². The van der Waals surface area contributed by atoms with Gasteiger partial charge < -0.3 is 9.47 Å². The van der Waals surface area contributed by atoms with Crippen molar-refractivity contribution in [2.75, 3.05) is 13.1 Å². The number of para-hydroxylation sites is 1. The Hall–Kier alpha value is -2.03. The maximum absolute atomic E-state index is 12.8. The molecule has 0 saturated carbocycles. The fourth-order valence-electron chi connectivity index (χ4n) is 3.43. The Morgan fingerprint density at radius 2 is 1.68 bits per heavy atom. The lowest BCUT2D eigenvalue weighted by Gasteiger charge is -2.26. The molecule has 116 valence electrons. The zero-order valence-electron chi connectivity index (χ0n) is 13.7. The van der Waals surface area contributed by atoms with Crippen molar-refractivity contribution in [2.45, 2.75) is 40.0 Å². The van der Waals surface area contributed by atoms with Crippen molar-refractivity contribution in [3.63, 3.8) is 0 Å². The first-order chi connectivity index (χ1) is 10.6. The Labute approximate surface area is 132 Å². The van der Waals surface area contributed by atoms with E-state index in [-0.39, 0.29) is 5.91 Å². The van der Waals surface area contributed by atoms with Gasteiger partial charge in [-0.3, -0.25) is 4.79 Å². The normalized spacial score (nSPS) is 15.1. The molecule has 22 heavy (non-hydrogen) atoms. The number of aryl methyl sites for hydroxylation is 2. The molecule has 1 saturated heterocycles. The van der Waals surface area contributed by atoms with Gasteiger partial charge >= 0.3 is 0 Å². The van der Waals surface area contributed by atoms with Crippen LogP contribution in [0, 0.1) is 20.8 Å². The standard InChI is InChI=1S/C19H24N2O/c1-14-9-5-6-10-18(14)21-15(2)13-17(16(21)3)19(22)20-11-7-4-8-12-20/h5-6,9-10,13H,4,7-8,11-12H2,1-3H3. The van der Waals surface area contributed by atoms with Crippen LogP contribution < -0.4 is 0 Å². The number of carbonyl (C=O) groups is 1. The summed E-state index contributed by atoms with van der Waals surface area (Å²) in [4.78, 5) is 14.8. The number of benzene rings is 1. The van der Waals surface area contributed by atoms with Gasteiger partial charge in [0.15, 0.2) is 0 Å². The second-order valence-corrected chi connectivity index (χ2v) is 6.26. The van der Waals surface area contributed by atoms with Gasteiger partial charge in [-0.2, -0.15) is 0 Å². The average Bonchev–Trinajstić information content (AvgIpc) is 2.83. The van der Waals surface area contributed by atoms with E-state index in [1.54, 1.807) is 0 Å². The first kappa shape index (κ1) is 14.9. The van der Waals surface area contributed by atoms with Gasteiger partial charge in [0.05, 0.1) is 5.56 Å². The highest BCUT2D eigenvalue weighted by Crippen LogP contribution is 2.25. The Morgan fingerprint density at radius 1 is 1.00 bits per heavy atom. The predicted octanol–water partition coefficient (Wildman–Crippen LogP) is 4.03. The number of piperidine rings is 1. The monoisotopic (exact) mass is 296 g/mol. The maximum atomic E-state index is 12.8. The summed E-state index contributed by atoms with van der Waals surface area (Å²) in [6, 6.07) is 10.4. The molecule has 0 unspecified atom stereocenters. The molecular weight excluding hydrogens is 272 g/mol. The van der Waals surface area contributed by atoms with Gasteiger partial charge in [-0.1, -0.05) is 18.2 Å². The molecular formula is C19H24N2O. The van der Waals surface area contributed by atoms with Crippen molar-refractivity contribution in [3.8, 4) is 5.69 Å². The SMILES string of the molecule is Cc1ccccc1-n1c(C)cc(C(=O)N2CCCCC2)c1C. The van der Waals surface area contributed by atoms with Crippen molar-refractivity contribution in [2.24, 2.45) is 0 Å². The van der Waals surface area contributed by atoms with E-state index in [1.807, 2.05) is 23.1 Å². The van der Waals surface area contributed by atoms with Gasteiger partial charge in [0.1, 0.15) is 0 Å². The van der Waals surface area contributed by atoms with Crippen LogP contribution in [0.2, 0.25) is 0 Å². The lowest BCUT2D eigenvalue weighted by atomic mass is 10.1. The summed E-state index contributed by atoms with van der Waals surface area (Å²) < 4.78 is 2.20. The van der Waals surface area contributed by atoms with Crippen LogP contribution in [-0.2, 0) is 0 Å². The summed E-state index contributed by atoms with van der Waals surface area (Å²) >= 11 is 0. The van der Waals surface area contributed by atoms with E-state index in [0.717, 1.165) is 48.6 Å². The van der Waals surface area contributed by atoms with Crippen molar-refractivity contribution < 1.29 is 4.79 Å². The quantitative estimate of drug-likeness (QED) is 0.821. The third-order valence-electron chi connectivity index (χ3n) is 4.66. The Morgan fingerprint density at radius 3 is 2.36 bits per heavy atom. The Balaban J connectivity index is 2.00. The number of aromatic nitrogens is 1. The van der Waals surface area contributed by atoms with Crippen LogP contribution in [0.1, 0.15) is 46.6 Å². The third kappa shape index (κ3) is 2.56. The van der Waals surface area contributed by atoms with E-state index >= 15 is 0 Å². The molecule has 1 aromatic heterocycles. The highest BCUT2D eigenvalue weighted by Gasteiger charge is 2.23. The zero-order chi connectivity index (χ0) is 15.7. The van der Waals surface area contributed by atoms with E-state index in [4.69, 9.17) is 0 Å². The Kier molecular flexibility index (Phi) is 4.06. The predicted molar refractivity (Wildman–Crippen MR) is 89.7 cm³/mol. The van der Waals surface area contributed by atoms with Gasteiger partial charge in [0.2, 0.25) is 0 Å². The summed E-state index contributed by atoms with van der Waals surface area (Å²) in [5.74, 6) is 0.188. The minimum Gasteiger partial charge on any atom is -0.339 e. The number of nitrogens with zero attached hydrogens (tertiary/aromatic N) is 2. The number of likely N-dealkylation sites (tertiary alicyclic amines) is 1. The number of hydrogen-bond acceptors (Lipinski definition) is 1. The molecule has 0 atom stereocenters. The van der Waals surface area contributed by atoms with Crippen LogP contribution >= 0.6 is 0 Å². The summed E-state index contributed by atoms with van der Waals surface area (Å²) in [7, 11) is 0. The zero-order valence-corrected chi connectivity index (χ0v) is 13.7. The van der Waals surface area contributed by atoms with Gasteiger partial charge in [0.25, 0.3) is 5.91 Å². The maximum Gasteiger partial charge on any atom is 0.255 e. The molecule has 1 aliphatic heterocycles. The molecule has 0 spiro atoms. The van der Waals surface area contributed by atoms with Crippen molar-refractivity contribution in [1.29, 1.82) is 0 Å². The summed E-state index contributed by atoms with van der Waals surface area (Å²) in [6.07, 6.45) is 3.50. The molecule has 0 aliphatic carbocycles. The van der Waals surface area contributed by atoms with Crippen LogP contribution in [0.5, 0.6) is 0 Å². The second-order valence-electron chi connectivity index (χ2n) is 6.26. The first-order valence-corrected chi connectivity index (χ1v) is 8.14. The van der Waals surface area contributed by atoms with E-state index in [9.17, 15) is 4.79 Å². The smallest absolute Gasteiger partial charge is 0.255 e. The number of carbonyl (C=O) groups excluding carboxylic acids is 1. The highest BCUT2D eigenvalue weighted by molar-refractivity contribution is 5.96. The number of rotatable bonds is 2. The fraction of sp³-hybridized carbons (Fsp3) is 0.421. The van der Waals surface area contributed by atoms with E-state index in [2.05, 4.69) is 37.5 Å². The van der Waals surface area contributed by atoms with Gasteiger partial charge in [-0.15, -0.1) is 0 Å². The van der Waals surface area contributed by atoms with E-state index < -0.39 is 0 Å². The minimum absolute atomic E-state index is 0.188. The summed E-state index contributed by atoms with van der Waals surface area (Å²) in [5.41, 5.74) is 5.40. The van der Waals surface area contributed by atoms with Crippen molar-refractivity contribution in [1.82, 2.24) is 9.47 Å². The Bertz CT molecular complexity index is 693. The molecule has 1 aromatic carbocycles. The third-order valence-corrected chi connectivity index (χ3v) is 4.66. The molecule has 0 bridgehead atoms. The molecule has 3 nitrogen and oxygen atoms in total. The molecule has 1 aliphatic rings. The van der Waals surface area contributed by atoms with Crippen LogP contribution in [0.15, 0.2) is 30.3 Å². The largest absolute Gasteiger partial charge is 0.339 e. The molecule has 1 fully saturated rings. The summed E-state index contributed by atoms with van der Waals surface area (Å²) in [6.45, 7) is 8.03. The van der Waals surface area contributed by atoms with Gasteiger partial charge in [-0.05, 0) is 57.7 Å². The number of hydrogen-bond donors (Lipinski definition) is 0.